The number of aryl methyl sites for hydroxylation is 1. The Morgan fingerprint density at radius 1 is 1.40 bits per heavy atom. The number of carbonyl (C=O) groups is 1. The third-order valence-corrected chi connectivity index (χ3v) is 3.70. The van der Waals surface area contributed by atoms with E-state index in [1.807, 2.05) is 4.72 Å². The first-order valence-corrected chi connectivity index (χ1v) is 6.68. The number of carboxylic acids is 1. The molecule has 0 aliphatic heterocycles. The Kier molecular flexibility index (Phi) is 3.40. The van der Waals surface area contributed by atoms with E-state index in [4.69, 9.17) is 5.11 Å². The van der Waals surface area contributed by atoms with Gasteiger partial charge in [0.1, 0.15) is 16.3 Å². The molecule has 0 aliphatic rings. The number of rotatable bonds is 4. The number of pyridine rings is 1. The Morgan fingerprint density at radius 2 is 2.10 bits per heavy atom. The van der Waals surface area contributed by atoms with Crippen molar-refractivity contribution in [3.63, 3.8) is 0 Å². The van der Waals surface area contributed by atoms with Gasteiger partial charge in [0.05, 0.1) is 12.4 Å². The van der Waals surface area contributed by atoms with Crippen LogP contribution in [0.25, 0.3) is 0 Å². The van der Waals surface area contributed by atoms with Crippen molar-refractivity contribution in [3.05, 3.63) is 36.0 Å². The van der Waals surface area contributed by atoms with E-state index in [9.17, 15) is 17.6 Å². The lowest BCUT2D eigenvalue weighted by molar-refractivity contribution is 0.0698. The molecule has 10 heteroatoms. The van der Waals surface area contributed by atoms with Crippen LogP contribution in [0.1, 0.15) is 10.4 Å². The van der Waals surface area contributed by atoms with Gasteiger partial charge < -0.3 is 5.11 Å². The molecule has 0 atom stereocenters. The molecule has 0 aliphatic carbocycles. The Labute approximate surface area is 112 Å². The molecule has 106 valence electrons. The predicted octanol–water partition coefficient (Wildman–Crippen LogP) is 0.453. The molecular formula is C10H9FN4O4S. The SMILES string of the molecule is Cn1ncc(C(=O)O)c1NS(=O)(=O)c1cncc(F)c1. The summed E-state index contributed by atoms with van der Waals surface area (Å²) in [5, 5.41) is 12.6. The fourth-order valence-corrected chi connectivity index (χ4v) is 2.52. The maximum atomic E-state index is 13.0. The third kappa shape index (κ3) is 2.59. The molecule has 0 saturated heterocycles. The van der Waals surface area contributed by atoms with Gasteiger partial charge in [-0.3, -0.25) is 14.4 Å². The van der Waals surface area contributed by atoms with E-state index in [0.29, 0.717) is 0 Å². The van der Waals surface area contributed by atoms with Gasteiger partial charge in [-0.05, 0) is 6.07 Å². The number of sulfonamides is 1. The van der Waals surface area contributed by atoms with Gasteiger partial charge in [-0.2, -0.15) is 5.10 Å². The van der Waals surface area contributed by atoms with Crippen molar-refractivity contribution < 1.29 is 22.7 Å². The maximum Gasteiger partial charge on any atom is 0.341 e. The number of nitrogens with zero attached hydrogens (tertiary/aromatic N) is 3. The molecule has 0 unspecified atom stereocenters. The Morgan fingerprint density at radius 3 is 2.70 bits per heavy atom. The number of hydrogen-bond donors (Lipinski definition) is 2. The number of carboxylic acid groups (broad SMARTS) is 1. The number of anilines is 1. The van der Waals surface area contributed by atoms with Crippen molar-refractivity contribution in [2.24, 2.45) is 7.05 Å². The Bertz CT molecular complexity index is 771. The van der Waals surface area contributed by atoms with Crippen LogP contribution in [-0.2, 0) is 17.1 Å². The fraction of sp³-hybridized carbons (Fsp3) is 0.100. The molecule has 2 aromatic rings. The summed E-state index contributed by atoms with van der Waals surface area (Å²) < 4.78 is 40.1. The normalized spacial score (nSPS) is 11.3. The standard InChI is InChI=1S/C10H9FN4O4S/c1-15-9(8(5-13-15)10(16)17)14-20(18,19)7-2-6(11)3-12-4-7/h2-5,14H,1H3,(H,16,17). The molecule has 0 radical (unpaired) electrons. The molecular weight excluding hydrogens is 291 g/mol. The second-order valence-electron chi connectivity index (χ2n) is 3.78. The van der Waals surface area contributed by atoms with E-state index in [1.165, 1.54) is 7.05 Å². The second-order valence-corrected chi connectivity index (χ2v) is 5.46. The van der Waals surface area contributed by atoms with E-state index in [-0.39, 0.29) is 11.4 Å². The number of nitrogens with one attached hydrogen (secondary N) is 1. The average molecular weight is 300 g/mol. The highest BCUT2D eigenvalue weighted by molar-refractivity contribution is 7.92. The second kappa shape index (κ2) is 4.89. The van der Waals surface area contributed by atoms with E-state index in [2.05, 4.69) is 10.1 Å². The first kappa shape index (κ1) is 13.9. The van der Waals surface area contributed by atoms with Crippen LogP contribution in [0.2, 0.25) is 0 Å². The lowest BCUT2D eigenvalue weighted by atomic mass is 10.3. The van der Waals surface area contributed by atoms with E-state index < -0.39 is 26.7 Å². The summed E-state index contributed by atoms with van der Waals surface area (Å²) in [6.45, 7) is 0. The van der Waals surface area contributed by atoms with Gasteiger partial charge in [0.25, 0.3) is 10.0 Å². The summed E-state index contributed by atoms with van der Waals surface area (Å²) in [6.07, 6.45) is 2.80. The predicted molar refractivity (Wildman–Crippen MR) is 65.2 cm³/mol. The average Bonchev–Trinajstić information content (AvgIpc) is 2.71. The van der Waals surface area contributed by atoms with Crippen LogP contribution in [0.3, 0.4) is 0 Å². The first-order chi connectivity index (χ1) is 9.31. The van der Waals surface area contributed by atoms with Gasteiger partial charge in [0, 0.05) is 13.2 Å². The summed E-state index contributed by atoms with van der Waals surface area (Å²) in [5.74, 6) is -2.40. The lowest BCUT2D eigenvalue weighted by Gasteiger charge is -2.08. The quantitative estimate of drug-likeness (QED) is 0.847. The molecule has 20 heavy (non-hydrogen) atoms. The zero-order valence-corrected chi connectivity index (χ0v) is 10.9. The smallest absolute Gasteiger partial charge is 0.341 e. The van der Waals surface area contributed by atoms with Crippen molar-refractivity contribution in [1.82, 2.24) is 14.8 Å². The molecule has 0 amide bonds. The topological polar surface area (TPSA) is 114 Å². The van der Waals surface area contributed by atoms with Crippen LogP contribution >= 0.6 is 0 Å². The van der Waals surface area contributed by atoms with Gasteiger partial charge >= 0.3 is 5.97 Å². The molecule has 2 aromatic heterocycles. The van der Waals surface area contributed by atoms with Crippen molar-refractivity contribution in [1.29, 1.82) is 0 Å². The molecule has 2 heterocycles. The maximum absolute atomic E-state index is 13.0. The number of halogens is 1. The monoisotopic (exact) mass is 300 g/mol. The van der Waals surface area contributed by atoms with Crippen LogP contribution in [0.5, 0.6) is 0 Å². The van der Waals surface area contributed by atoms with Gasteiger partial charge in [0.2, 0.25) is 0 Å². The van der Waals surface area contributed by atoms with Crippen LogP contribution < -0.4 is 4.72 Å². The molecule has 0 fully saturated rings. The Hall–Kier alpha value is -2.49. The van der Waals surface area contributed by atoms with Crippen molar-refractivity contribution >= 4 is 21.8 Å². The zero-order chi connectivity index (χ0) is 14.9. The van der Waals surface area contributed by atoms with Gasteiger partial charge in [-0.1, -0.05) is 0 Å². The molecule has 0 saturated carbocycles. The van der Waals surface area contributed by atoms with Gasteiger partial charge in [0.15, 0.2) is 5.82 Å². The highest BCUT2D eigenvalue weighted by atomic mass is 32.2. The van der Waals surface area contributed by atoms with E-state index in [0.717, 1.165) is 29.3 Å². The van der Waals surface area contributed by atoms with Crippen LogP contribution in [-0.4, -0.2) is 34.3 Å². The van der Waals surface area contributed by atoms with Crippen molar-refractivity contribution in [3.8, 4) is 0 Å². The van der Waals surface area contributed by atoms with Crippen molar-refractivity contribution in [2.75, 3.05) is 4.72 Å². The van der Waals surface area contributed by atoms with Crippen LogP contribution in [0.4, 0.5) is 10.2 Å². The third-order valence-electron chi connectivity index (χ3n) is 2.39. The number of hydrogen-bond acceptors (Lipinski definition) is 5. The summed E-state index contributed by atoms with van der Waals surface area (Å²) in [5.41, 5.74) is -0.319. The highest BCUT2D eigenvalue weighted by Gasteiger charge is 2.22. The minimum absolute atomic E-state index is 0.234. The zero-order valence-electron chi connectivity index (χ0n) is 10.1. The molecule has 0 spiro atoms. The van der Waals surface area contributed by atoms with E-state index in [1.54, 1.807) is 0 Å². The summed E-state index contributed by atoms with van der Waals surface area (Å²) in [6, 6.07) is 0.770. The van der Waals surface area contributed by atoms with Crippen LogP contribution in [0, 0.1) is 5.82 Å². The first-order valence-electron chi connectivity index (χ1n) is 5.20. The minimum atomic E-state index is -4.16. The number of aromatic carboxylic acids is 1. The molecule has 0 aromatic carbocycles. The highest BCUT2D eigenvalue weighted by Crippen LogP contribution is 2.19. The van der Waals surface area contributed by atoms with Gasteiger partial charge in [-0.25, -0.2) is 17.6 Å². The number of aromatic nitrogens is 3. The molecule has 2 rings (SSSR count). The summed E-state index contributed by atoms with van der Waals surface area (Å²) >= 11 is 0. The summed E-state index contributed by atoms with van der Waals surface area (Å²) in [7, 11) is -2.79. The molecule has 2 N–H and O–H groups in total. The Balaban J connectivity index is 2.44. The van der Waals surface area contributed by atoms with Crippen LogP contribution in [0.15, 0.2) is 29.6 Å². The minimum Gasteiger partial charge on any atom is -0.477 e. The largest absolute Gasteiger partial charge is 0.477 e. The summed E-state index contributed by atoms with van der Waals surface area (Å²) in [4.78, 5) is 14.0. The molecule has 8 nitrogen and oxygen atoms in total. The van der Waals surface area contributed by atoms with Crippen molar-refractivity contribution in [2.45, 2.75) is 4.90 Å². The molecule has 0 bridgehead atoms. The lowest BCUT2D eigenvalue weighted by Crippen LogP contribution is -2.17. The van der Waals surface area contributed by atoms with Gasteiger partial charge in [-0.15, -0.1) is 0 Å². The fourth-order valence-electron chi connectivity index (χ4n) is 1.44. The van der Waals surface area contributed by atoms with E-state index >= 15 is 0 Å².